The SMILES string of the molecule is CCC(C)(C=CC(=O)O)CC. The fourth-order valence-corrected chi connectivity index (χ4v) is 0.758. The molecule has 0 saturated carbocycles. The summed E-state index contributed by atoms with van der Waals surface area (Å²) in [5.74, 6) is -0.863. The Balaban J connectivity index is 4.17. The Labute approximate surface area is 67.9 Å². The Hall–Kier alpha value is -0.790. The summed E-state index contributed by atoms with van der Waals surface area (Å²) >= 11 is 0. The Morgan fingerprint density at radius 1 is 1.45 bits per heavy atom. The zero-order chi connectivity index (χ0) is 8.91. The summed E-state index contributed by atoms with van der Waals surface area (Å²) in [6.45, 7) is 6.19. The lowest BCUT2D eigenvalue weighted by Crippen LogP contribution is -2.10. The molecule has 0 aromatic carbocycles. The van der Waals surface area contributed by atoms with Crippen LogP contribution in [0.3, 0.4) is 0 Å². The van der Waals surface area contributed by atoms with Crippen molar-refractivity contribution >= 4 is 5.97 Å². The predicted molar refractivity (Wildman–Crippen MR) is 45.5 cm³/mol. The number of carbonyl (C=O) groups is 1. The summed E-state index contributed by atoms with van der Waals surface area (Å²) in [6, 6.07) is 0. The summed E-state index contributed by atoms with van der Waals surface area (Å²) in [7, 11) is 0. The van der Waals surface area contributed by atoms with Gasteiger partial charge in [0.1, 0.15) is 0 Å². The molecule has 0 atom stereocenters. The maximum atomic E-state index is 10.2. The lowest BCUT2D eigenvalue weighted by molar-refractivity contribution is -0.131. The van der Waals surface area contributed by atoms with Crippen molar-refractivity contribution in [2.75, 3.05) is 0 Å². The van der Waals surface area contributed by atoms with E-state index in [1.807, 2.05) is 0 Å². The monoisotopic (exact) mass is 156 g/mol. The van der Waals surface area contributed by atoms with Crippen LogP contribution in [0.5, 0.6) is 0 Å². The molecule has 0 unspecified atom stereocenters. The van der Waals surface area contributed by atoms with Crippen LogP contribution in [0.15, 0.2) is 12.2 Å². The van der Waals surface area contributed by atoms with Crippen molar-refractivity contribution in [3.05, 3.63) is 12.2 Å². The van der Waals surface area contributed by atoms with E-state index in [9.17, 15) is 4.79 Å². The van der Waals surface area contributed by atoms with E-state index < -0.39 is 5.97 Å². The molecule has 0 aliphatic heterocycles. The smallest absolute Gasteiger partial charge is 0.327 e. The molecule has 0 amide bonds. The molecule has 0 rings (SSSR count). The van der Waals surface area contributed by atoms with Gasteiger partial charge in [-0.2, -0.15) is 0 Å². The summed E-state index contributed by atoms with van der Waals surface area (Å²) in [5, 5.41) is 8.38. The molecule has 64 valence electrons. The lowest BCUT2D eigenvalue weighted by Gasteiger charge is -2.21. The second kappa shape index (κ2) is 4.16. The largest absolute Gasteiger partial charge is 0.478 e. The minimum atomic E-state index is -0.863. The summed E-state index contributed by atoms with van der Waals surface area (Å²) < 4.78 is 0. The van der Waals surface area contributed by atoms with Gasteiger partial charge in [-0.05, 0) is 18.3 Å². The third kappa shape index (κ3) is 3.81. The first-order valence-electron chi connectivity index (χ1n) is 3.96. The molecule has 0 aromatic heterocycles. The van der Waals surface area contributed by atoms with Gasteiger partial charge in [0.05, 0.1) is 0 Å². The van der Waals surface area contributed by atoms with Gasteiger partial charge in [0.25, 0.3) is 0 Å². The molecule has 0 saturated heterocycles. The average molecular weight is 156 g/mol. The molecule has 0 aromatic rings. The van der Waals surface area contributed by atoms with E-state index >= 15 is 0 Å². The van der Waals surface area contributed by atoms with Gasteiger partial charge in [0, 0.05) is 6.08 Å². The fourth-order valence-electron chi connectivity index (χ4n) is 0.758. The lowest BCUT2D eigenvalue weighted by atomic mass is 9.84. The topological polar surface area (TPSA) is 37.3 Å². The predicted octanol–water partition coefficient (Wildman–Crippen LogP) is 2.45. The van der Waals surface area contributed by atoms with Crippen LogP contribution in [0.4, 0.5) is 0 Å². The Morgan fingerprint density at radius 3 is 2.18 bits per heavy atom. The third-order valence-electron chi connectivity index (χ3n) is 2.24. The van der Waals surface area contributed by atoms with Gasteiger partial charge in [-0.3, -0.25) is 0 Å². The molecule has 0 bridgehead atoms. The summed E-state index contributed by atoms with van der Waals surface area (Å²) in [4.78, 5) is 10.2. The van der Waals surface area contributed by atoms with Crippen molar-refractivity contribution in [3.63, 3.8) is 0 Å². The van der Waals surface area contributed by atoms with E-state index in [0.717, 1.165) is 12.8 Å². The molecule has 1 N–H and O–H groups in total. The van der Waals surface area contributed by atoms with E-state index in [-0.39, 0.29) is 5.41 Å². The van der Waals surface area contributed by atoms with Crippen LogP contribution in [-0.4, -0.2) is 11.1 Å². The second-order valence-electron chi connectivity index (χ2n) is 3.03. The molecule has 0 aliphatic rings. The normalized spacial score (nSPS) is 12.3. The van der Waals surface area contributed by atoms with Gasteiger partial charge in [-0.25, -0.2) is 4.79 Å². The number of carboxylic acid groups (broad SMARTS) is 1. The number of hydrogen-bond acceptors (Lipinski definition) is 1. The van der Waals surface area contributed by atoms with Crippen LogP contribution >= 0.6 is 0 Å². The second-order valence-corrected chi connectivity index (χ2v) is 3.03. The molecule has 0 heterocycles. The maximum Gasteiger partial charge on any atom is 0.327 e. The Morgan fingerprint density at radius 2 is 1.91 bits per heavy atom. The van der Waals surface area contributed by atoms with Crippen molar-refractivity contribution in [2.24, 2.45) is 5.41 Å². The van der Waals surface area contributed by atoms with Gasteiger partial charge in [-0.1, -0.05) is 26.8 Å². The third-order valence-corrected chi connectivity index (χ3v) is 2.24. The van der Waals surface area contributed by atoms with E-state index in [2.05, 4.69) is 20.8 Å². The van der Waals surface area contributed by atoms with Crippen LogP contribution in [-0.2, 0) is 4.79 Å². The minimum absolute atomic E-state index is 0.0540. The molecule has 0 aliphatic carbocycles. The standard InChI is InChI=1S/C9H16O2/c1-4-9(3,5-2)7-6-8(10)11/h6-7H,4-5H2,1-3H3,(H,10,11). The number of allylic oxidation sites excluding steroid dienone is 1. The summed E-state index contributed by atoms with van der Waals surface area (Å²) in [5.41, 5.74) is 0.0540. The van der Waals surface area contributed by atoms with Gasteiger partial charge < -0.3 is 5.11 Å². The highest BCUT2D eigenvalue weighted by Crippen LogP contribution is 2.26. The molecular weight excluding hydrogens is 140 g/mol. The molecular formula is C9H16O2. The van der Waals surface area contributed by atoms with Crippen LogP contribution in [0.25, 0.3) is 0 Å². The van der Waals surface area contributed by atoms with Gasteiger partial charge in [-0.15, -0.1) is 0 Å². The van der Waals surface area contributed by atoms with Crippen LogP contribution in [0, 0.1) is 5.41 Å². The molecule has 0 radical (unpaired) electrons. The zero-order valence-corrected chi connectivity index (χ0v) is 7.42. The van der Waals surface area contributed by atoms with Crippen molar-refractivity contribution in [1.29, 1.82) is 0 Å². The highest BCUT2D eigenvalue weighted by molar-refractivity contribution is 5.79. The number of carboxylic acids is 1. The Bertz CT molecular complexity index is 155. The zero-order valence-electron chi connectivity index (χ0n) is 7.42. The van der Waals surface area contributed by atoms with Gasteiger partial charge in [0.2, 0.25) is 0 Å². The van der Waals surface area contributed by atoms with E-state index in [4.69, 9.17) is 5.11 Å². The van der Waals surface area contributed by atoms with Crippen molar-refractivity contribution in [1.82, 2.24) is 0 Å². The number of rotatable bonds is 4. The molecule has 0 fully saturated rings. The van der Waals surface area contributed by atoms with Crippen molar-refractivity contribution in [3.8, 4) is 0 Å². The molecule has 0 spiro atoms. The summed E-state index contributed by atoms with van der Waals surface area (Å²) in [6.07, 6.45) is 4.96. The first-order chi connectivity index (χ1) is 5.04. The molecule has 2 heteroatoms. The highest BCUT2D eigenvalue weighted by atomic mass is 16.4. The van der Waals surface area contributed by atoms with E-state index in [1.165, 1.54) is 6.08 Å². The average Bonchev–Trinajstić information content (AvgIpc) is 2.00. The van der Waals surface area contributed by atoms with E-state index in [0.29, 0.717) is 0 Å². The maximum absolute atomic E-state index is 10.2. The van der Waals surface area contributed by atoms with Crippen LogP contribution in [0.1, 0.15) is 33.6 Å². The van der Waals surface area contributed by atoms with Crippen LogP contribution in [0.2, 0.25) is 0 Å². The highest BCUT2D eigenvalue weighted by Gasteiger charge is 2.15. The number of hydrogen-bond donors (Lipinski definition) is 1. The van der Waals surface area contributed by atoms with E-state index in [1.54, 1.807) is 6.08 Å². The van der Waals surface area contributed by atoms with Gasteiger partial charge in [0.15, 0.2) is 0 Å². The first kappa shape index (κ1) is 10.2. The molecule has 11 heavy (non-hydrogen) atoms. The first-order valence-corrected chi connectivity index (χ1v) is 3.96. The van der Waals surface area contributed by atoms with Crippen LogP contribution < -0.4 is 0 Å². The van der Waals surface area contributed by atoms with Gasteiger partial charge >= 0.3 is 5.97 Å². The Kier molecular flexibility index (Phi) is 3.86. The fraction of sp³-hybridized carbons (Fsp3) is 0.667. The molecule has 2 nitrogen and oxygen atoms in total. The number of aliphatic carboxylic acids is 1. The quantitative estimate of drug-likeness (QED) is 0.635. The van der Waals surface area contributed by atoms with Crippen molar-refractivity contribution in [2.45, 2.75) is 33.6 Å². The minimum Gasteiger partial charge on any atom is -0.478 e. The van der Waals surface area contributed by atoms with Crippen molar-refractivity contribution < 1.29 is 9.90 Å².